The monoisotopic (exact) mass is 463 g/mol. The lowest BCUT2D eigenvalue weighted by Gasteiger charge is -2.42. The Balaban J connectivity index is 1.51. The van der Waals surface area contributed by atoms with Crippen molar-refractivity contribution in [2.45, 2.75) is 19.3 Å². The molecule has 4 aromatic carbocycles. The Bertz CT molecular complexity index is 1570. The van der Waals surface area contributed by atoms with Gasteiger partial charge in [-0.05, 0) is 52.6 Å². The lowest BCUT2D eigenvalue weighted by molar-refractivity contribution is 0.632. The van der Waals surface area contributed by atoms with Crippen molar-refractivity contribution in [2.75, 3.05) is 4.90 Å². The molecule has 0 atom stereocenters. The van der Waals surface area contributed by atoms with Crippen LogP contribution in [0.3, 0.4) is 0 Å². The second kappa shape index (κ2) is 8.52. The van der Waals surface area contributed by atoms with E-state index in [1.54, 1.807) is 6.20 Å². The van der Waals surface area contributed by atoms with Crippen molar-refractivity contribution in [3.63, 3.8) is 0 Å². The molecule has 1 aliphatic heterocycles. The smallest absolute Gasteiger partial charge is 0.148 e. The second-order valence-electron chi connectivity index (χ2n) is 9.60. The quantitative estimate of drug-likeness (QED) is 0.270. The van der Waals surface area contributed by atoms with Gasteiger partial charge in [-0.1, -0.05) is 92.7 Å². The lowest BCUT2D eigenvalue weighted by atomic mass is 9.73. The van der Waals surface area contributed by atoms with Gasteiger partial charge in [0.25, 0.3) is 0 Å². The van der Waals surface area contributed by atoms with Crippen LogP contribution in [0.15, 0.2) is 115 Å². The average molecular weight is 464 g/mol. The van der Waals surface area contributed by atoms with Gasteiger partial charge in [-0.15, -0.1) is 0 Å². The summed E-state index contributed by atoms with van der Waals surface area (Å²) in [6.45, 7) is 4.61. The molecule has 0 N–H and O–H groups in total. The van der Waals surface area contributed by atoms with Crippen LogP contribution >= 0.6 is 0 Å². The topological polar surface area (TPSA) is 39.9 Å². The first-order chi connectivity index (χ1) is 17.6. The van der Waals surface area contributed by atoms with Crippen molar-refractivity contribution >= 4 is 17.1 Å². The first-order valence-electron chi connectivity index (χ1n) is 12.1. The zero-order valence-electron chi connectivity index (χ0n) is 20.3. The summed E-state index contributed by atoms with van der Waals surface area (Å²) in [7, 11) is 0. The highest BCUT2D eigenvalue weighted by atomic mass is 15.2. The molecule has 5 aromatic rings. The molecule has 3 nitrogen and oxygen atoms in total. The van der Waals surface area contributed by atoms with E-state index < -0.39 is 0 Å². The molecule has 0 radical (unpaired) electrons. The van der Waals surface area contributed by atoms with E-state index in [2.05, 4.69) is 127 Å². The maximum atomic E-state index is 9.47. The minimum atomic E-state index is -0.0948. The van der Waals surface area contributed by atoms with Gasteiger partial charge in [0.2, 0.25) is 0 Å². The van der Waals surface area contributed by atoms with Crippen molar-refractivity contribution in [1.29, 1.82) is 5.26 Å². The first-order valence-corrected chi connectivity index (χ1v) is 12.1. The van der Waals surface area contributed by atoms with E-state index in [0.717, 1.165) is 27.9 Å². The summed E-state index contributed by atoms with van der Waals surface area (Å²) in [6, 6.07) is 40.4. The molecule has 0 spiro atoms. The Labute approximate surface area is 211 Å². The zero-order chi connectivity index (χ0) is 24.7. The molecule has 0 unspecified atom stereocenters. The van der Waals surface area contributed by atoms with Crippen LogP contribution in [0, 0.1) is 11.3 Å². The largest absolute Gasteiger partial charge is 0.309 e. The number of benzene rings is 4. The number of pyridine rings is 1. The van der Waals surface area contributed by atoms with Crippen molar-refractivity contribution in [2.24, 2.45) is 0 Å². The summed E-state index contributed by atoms with van der Waals surface area (Å²) in [5, 5.41) is 9.47. The van der Waals surface area contributed by atoms with Gasteiger partial charge in [0.15, 0.2) is 0 Å². The van der Waals surface area contributed by atoms with Gasteiger partial charge in [-0.3, -0.25) is 0 Å². The molecule has 0 amide bonds. The molecule has 0 saturated carbocycles. The molecule has 1 aromatic heterocycles. The number of anilines is 3. The standard InChI is InChI=1S/C33H25N3/c1-33(2)27-12-4-7-15-31(27)36(32-16-8-5-13-28(32)33)30-14-6-3-10-26(30)24-19-17-23(18-20-24)25-11-9-21-35-29(25)22-34/h3-21H,1-2H3. The molecular weight excluding hydrogens is 438 g/mol. The van der Waals surface area contributed by atoms with Gasteiger partial charge in [0.1, 0.15) is 11.8 Å². The van der Waals surface area contributed by atoms with Crippen LogP contribution in [0.5, 0.6) is 0 Å². The number of rotatable bonds is 3. The molecule has 0 saturated heterocycles. The number of para-hydroxylation sites is 3. The minimum Gasteiger partial charge on any atom is -0.309 e. The fourth-order valence-corrected chi connectivity index (χ4v) is 5.40. The fourth-order valence-electron chi connectivity index (χ4n) is 5.40. The average Bonchev–Trinajstić information content (AvgIpc) is 2.94. The van der Waals surface area contributed by atoms with E-state index in [1.165, 1.54) is 22.5 Å². The number of nitriles is 1. The SMILES string of the molecule is CC1(C)c2ccccc2N(c2ccccc2-c2ccc(-c3cccnc3C#N)cc2)c2ccccc21. The Morgan fingerprint density at radius 3 is 1.72 bits per heavy atom. The summed E-state index contributed by atoms with van der Waals surface area (Å²) < 4.78 is 0. The summed E-state index contributed by atoms with van der Waals surface area (Å²) in [4.78, 5) is 6.61. The minimum absolute atomic E-state index is 0.0948. The number of aromatic nitrogens is 1. The van der Waals surface area contributed by atoms with Crippen molar-refractivity contribution in [1.82, 2.24) is 4.98 Å². The van der Waals surface area contributed by atoms with Gasteiger partial charge in [0.05, 0.1) is 17.1 Å². The van der Waals surface area contributed by atoms with Gasteiger partial charge in [0, 0.05) is 22.7 Å². The van der Waals surface area contributed by atoms with Gasteiger partial charge in [-0.25, -0.2) is 4.98 Å². The van der Waals surface area contributed by atoms with Gasteiger partial charge < -0.3 is 4.90 Å². The number of hydrogen-bond acceptors (Lipinski definition) is 3. The molecule has 2 heterocycles. The highest BCUT2D eigenvalue weighted by Gasteiger charge is 2.36. The summed E-state index contributed by atoms with van der Waals surface area (Å²) >= 11 is 0. The maximum Gasteiger partial charge on any atom is 0.148 e. The second-order valence-corrected chi connectivity index (χ2v) is 9.60. The van der Waals surface area contributed by atoms with E-state index in [-0.39, 0.29) is 5.41 Å². The normalized spacial score (nSPS) is 13.4. The van der Waals surface area contributed by atoms with Crippen LogP contribution in [0.4, 0.5) is 17.1 Å². The zero-order valence-corrected chi connectivity index (χ0v) is 20.3. The lowest BCUT2D eigenvalue weighted by Crippen LogP contribution is -2.30. The van der Waals surface area contributed by atoms with Crippen LogP contribution in [0.1, 0.15) is 30.7 Å². The molecule has 0 aliphatic carbocycles. The molecule has 3 heteroatoms. The predicted molar refractivity (Wildman–Crippen MR) is 147 cm³/mol. The number of hydrogen-bond donors (Lipinski definition) is 0. The molecule has 0 bridgehead atoms. The van der Waals surface area contributed by atoms with Crippen LogP contribution in [-0.4, -0.2) is 4.98 Å². The van der Waals surface area contributed by atoms with Crippen LogP contribution in [0.2, 0.25) is 0 Å². The van der Waals surface area contributed by atoms with Crippen molar-refractivity contribution < 1.29 is 0 Å². The molecule has 1 aliphatic rings. The molecule has 0 fully saturated rings. The third-order valence-corrected chi connectivity index (χ3v) is 7.20. The molecule has 36 heavy (non-hydrogen) atoms. The fraction of sp³-hybridized carbons (Fsp3) is 0.0909. The van der Waals surface area contributed by atoms with E-state index in [1.807, 2.05) is 12.1 Å². The maximum absolute atomic E-state index is 9.47. The Morgan fingerprint density at radius 1 is 0.611 bits per heavy atom. The third kappa shape index (κ3) is 3.39. The Kier molecular flexibility index (Phi) is 5.16. The highest BCUT2D eigenvalue weighted by Crippen LogP contribution is 2.53. The van der Waals surface area contributed by atoms with Gasteiger partial charge in [-0.2, -0.15) is 5.26 Å². The van der Waals surface area contributed by atoms with E-state index in [0.29, 0.717) is 5.69 Å². The number of nitrogens with zero attached hydrogens (tertiary/aromatic N) is 3. The van der Waals surface area contributed by atoms with E-state index in [9.17, 15) is 5.26 Å². The van der Waals surface area contributed by atoms with E-state index in [4.69, 9.17) is 0 Å². The van der Waals surface area contributed by atoms with Crippen molar-refractivity contribution in [3.05, 3.63) is 132 Å². The summed E-state index contributed by atoms with van der Waals surface area (Å²) in [6.07, 6.45) is 1.66. The Morgan fingerprint density at radius 2 is 1.11 bits per heavy atom. The highest BCUT2D eigenvalue weighted by molar-refractivity contribution is 5.92. The van der Waals surface area contributed by atoms with E-state index >= 15 is 0 Å². The van der Waals surface area contributed by atoms with Crippen molar-refractivity contribution in [3.8, 4) is 28.3 Å². The molecule has 172 valence electrons. The molecular formula is C33H25N3. The summed E-state index contributed by atoms with van der Waals surface area (Å²) in [5.74, 6) is 0. The van der Waals surface area contributed by atoms with Crippen LogP contribution < -0.4 is 4.90 Å². The van der Waals surface area contributed by atoms with Crippen LogP contribution in [-0.2, 0) is 5.41 Å². The summed E-state index contributed by atoms with van der Waals surface area (Å²) in [5.41, 5.74) is 10.6. The first kappa shape index (κ1) is 21.8. The molecule has 6 rings (SSSR count). The third-order valence-electron chi connectivity index (χ3n) is 7.20. The number of fused-ring (bicyclic) bond motifs is 2. The predicted octanol–water partition coefficient (Wildman–Crippen LogP) is 8.40. The van der Waals surface area contributed by atoms with Gasteiger partial charge >= 0.3 is 0 Å². The Hall–Kier alpha value is -4.68. The van der Waals surface area contributed by atoms with Crippen LogP contribution in [0.25, 0.3) is 22.3 Å².